The van der Waals surface area contributed by atoms with Gasteiger partial charge in [-0.2, -0.15) is 5.26 Å². The molecule has 1 N–H and O–H groups in total. The molecule has 5 rings (SSSR count). The van der Waals surface area contributed by atoms with Crippen molar-refractivity contribution in [2.24, 2.45) is 0 Å². The lowest BCUT2D eigenvalue weighted by Crippen LogP contribution is -2.49. The minimum absolute atomic E-state index is 0.0497. The number of carbonyl (C=O) groups excluding carboxylic acids is 1. The third-order valence-corrected chi connectivity index (χ3v) is 7.11. The van der Waals surface area contributed by atoms with Gasteiger partial charge in [0, 0.05) is 37.5 Å². The average molecular weight is 468 g/mol. The first-order valence-corrected chi connectivity index (χ1v) is 12.3. The SMILES string of the molecule is N#CC(c1ccccc1)N1CCN(C(=O)c2ccccc2CSc2nc3ccccc3[nH]2)CC1. The van der Waals surface area contributed by atoms with Gasteiger partial charge in [-0.15, -0.1) is 0 Å². The number of carbonyl (C=O) groups is 1. The predicted molar refractivity (Wildman–Crippen MR) is 134 cm³/mol. The molecule has 3 aromatic carbocycles. The highest BCUT2D eigenvalue weighted by Gasteiger charge is 2.28. The zero-order valence-electron chi connectivity index (χ0n) is 18.7. The van der Waals surface area contributed by atoms with E-state index in [1.165, 1.54) is 0 Å². The summed E-state index contributed by atoms with van der Waals surface area (Å²) < 4.78 is 0. The molecule has 0 bridgehead atoms. The molecule has 1 saturated heterocycles. The molecule has 0 aliphatic carbocycles. The largest absolute Gasteiger partial charge is 0.336 e. The Morgan fingerprint density at radius 3 is 2.44 bits per heavy atom. The van der Waals surface area contributed by atoms with Crippen LogP contribution in [0, 0.1) is 11.3 Å². The van der Waals surface area contributed by atoms with E-state index in [-0.39, 0.29) is 11.9 Å². The van der Waals surface area contributed by atoms with Crippen LogP contribution in [0.4, 0.5) is 0 Å². The number of rotatable bonds is 6. The van der Waals surface area contributed by atoms with Gasteiger partial charge >= 0.3 is 0 Å². The number of nitriles is 1. The first-order valence-electron chi connectivity index (χ1n) is 11.4. The fourth-order valence-corrected chi connectivity index (χ4v) is 5.24. The number of piperazine rings is 1. The maximum absolute atomic E-state index is 13.4. The molecule has 0 saturated carbocycles. The van der Waals surface area contributed by atoms with Gasteiger partial charge in [-0.05, 0) is 29.3 Å². The van der Waals surface area contributed by atoms with Crippen LogP contribution < -0.4 is 0 Å². The van der Waals surface area contributed by atoms with E-state index in [0.717, 1.165) is 32.9 Å². The quantitative estimate of drug-likeness (QED) is 0.409. The van der Waals surface area contributed by atoms with Crippen molar-refractivity contribution in [1.29, 1.82) is 5.26 Å². The second kappa shape index (κ2) is 10.1. The van der Waals surface area contributed by atoms with Crippen LogP contribution in [-0.2, 0) is 5.75 Å². The minimum atomic E-state index is -0.286. The molecule has 2 heterocycles. The molecule has 7 heteroatoms. The van der Waals surface area contributed by atoms with Crippen molar-refractivity contribution in [3.63, 3.8) is 0 Å². The summed E-state index contributed by atoms with van der Waals surface area (Å²) in [5, 5.41) is 10.6. The van der Waals surface area contributed by atoms with Crippen LogP contribution in [0.25, 0.3) is 11.0 Å². The van der Waals surface area contributed by atoms with Crippen molar-refractivity contribution >= 4 is 28.7 Å². The Labute approximate surface area is 203 Å². The summed E-state index contributed by atoms with van der Waals surface area (Å²) in [4.78, 5) is 25.4. The number of fused-ring (bicyclic) bond motifs is 1. The van der Waals surface area contributed by atoms with Crippen LogP contribution in [0.15, 0.2) is 84.0 Å². The molecule has 34 heavy (non-hydrogen) atoms. The number of benzene rings is 3. The highest BCUT2D eigenvalue weighted by Crippen LogP contribution is 2.26. The number of aromatic amines is 1. The highest BCUT2D eigenvalue weighted by molar-refractivity contribution is 7.98. The van der Waals surface area contributed by atoms with Crippen molar-refractivity contribution in [2.75, 3.05) is 26.2 Å². The predicted octanol–water partition coefficient (Wildman–Crippen LogP) is 4.88. The van der Waals surface area contributed by atoms with Crippen LogP contribution in [0.2, 0.25) is 0 Å². The third-order valence-electron chi connectivity index (χ3n) is 6.18. The maximum Gasteiger partial charge on any atom is 0.254 e. The molecule has 1 fully saturated rings. The molecular formula is C27H25N5OS. The summed E-state index contributed by atoms with van der Waals surface area (Å²) in [6.45, 7) is 2.56. The van der Waals surface area contributed by atoms with E-state index < -0.39 is 0 Å². The zero-order chi connectivity index (χ0) is 23.3. The second-order valence-electron chi connectivity index (χ2n) is 8.28. The number of H-pyrrole nitrogens is 1. The Balaban J connectivity index is 1.24. The summed E-state index contributed by atoms with van der Waals surface area (Å²) in [6.07, 6.45) is 0. The molecule has 0 radical (unpaired) electrons. The van der Waals surface area contributed by atoms with E-state index >= 15 is 0 Å². The van der Waals surface area contributed by atoms with Gasteiger partial charge in [-0.3, -0.25) is 9.69 Å². The van der Waals surface area contributed by atoms with E-state index in [4.69, 9.17) is 0 Å². The van der Waals surface area contributed by atoms with Crippen molar-refractivity contribution in [3.8, 4) is 6.07 Å². The van der Waals surface area contributed by atoms with Crippen LogP contribution >= 0.6 is 11.8 Å². The molecule has 0 spiro atoms. The summed E-state index contributed by atoms with van der Waals surface area (Å²) in [7, 11) is 0. The third kappa shape index (κ3) is 4.69. The molecule has 1 amide bonds. The standard InChI is InChI=1S/C27H25N5OS/c28-18-25(20-8-2-1-3-9-20)31-14-16-32(17-15-31)26(33)22-11-5-4-10-21(22)19-34-27-29-23-12-6-7-13-24(23)30-27/h1-13,25H,14-17,19H2,(H,29,30). The molecule has 1 aromatic heterocycles. The number of thioether (sulfide) groups is 1. The number of imidazole rings is 1. The van der Waals surface area contributed by atoms with Crippen LogP contribution in [0.1, 0.15) is 27.5 Å². The van der Waals surface area contributed by atoms with Gasteiger partial charge in [0.05, 0.1) is 17.1 Å². The lowest BCUT2D eigenvalue weighted by molar-refractivity contribution is 0.0605. The Morgan fingerprint density at radius 2 is 1.68 bits per heavy atom. The molecule has 1 atom stereocenters. The van der Waals surface area contributed by atoms with E-state index in [9.17, 15) is 10.1 Å². The number of aromatic nitrogens is 2. The zero-order valence-corrected chi connectivity index (χ0v) is 19.5. The Kier molecular flexibility index (Phi) is 6.61. The minimum Gasteiger partial charge on any atom is -0.336 e. The number of para-hydroxylation sites is 2. The van der Waals surface area contributed by atoms with E-state index in [1.54, 1.807) is 11.8 Å². The van der Waals surface area contributed by atoms with Crippen molar-refractivity contribution < 1.29 is 4.79 Å². The summed E-state index contributed by atoms with van der Waals surface area (Å²) >= 11 is 1.60. The normalized spacial score (nSPS) is 15.2. The van der Waals surface area contributed by atoms with E-state index in [1.807, 2.05) is 83.8 Å². The number of nitrogens with zero attached hydrogens (tertiary/aromatic N) is 4. The molecule has 4 aromatic rings. The Morgan fingerprint density at radius 1 is 0.971 bits per heavy atom. The second-order valence-corrected chi connectivity index (χ2v) is 9.24. The highest BCUT2D eigenvalue weighted by atomic mass is 32.2. The van der Waals surface area contributed by atoms with Gasteiger partial charge < -0.3 is 9.88 Å². The maximum atomic E-state index is 13.4. The molecule has 6 nitrogen and oxygen atoms in total. The molecule has 170 valence electrons. The topological polar surface area (TPSA) is 76.0 Å². The van der Waals surface area contributed by atoms with Gasteiger partial charge in [0.1, 0.15) is 6.04 Å². The van der Waals surface area contributed by atoms with Crippen molar-refractivity contribution in [3.05, 3.63) is 95.6 Å². The van der Waals surface area contributed by atoms with Crippen molar-refractivity contribution in [1.82, 2.24) is 19.8 Å². The van der Waals surface area contributed by atoms with Gasteiger partial charge in [-0.1, -0.05) is 72.4 Å². The van der Waals surface area contributed by atoms with E-state index in [0.29, 0.717) is 31.9 Å². The number of nitrogens with one attached hydrogen (secondary N) is 1. The Bertz CT molecular complexity index is 1290. The molecule has 1 aliphatic rings. The molecule has 1 unspecified atom stereocenters. The first kappa shape index (κ1) is 22.2. The fraction of sp³-hybridized carbons (Fsp3) is 0.222. The van der Waals surface area contributed by atoms with Crippen LogP contribution in [0.5, 0.6) is 0 Å². The lowest BCUT2D eigenvalue weighted by atomic mass is 10.0. The number of hydrogen-bond acceptors (Lipinski definition) is 5. The van der Waals surface area contributed by atoms with Gasteiger partial charge in [0.2, 0.25) is 0 Å². The number of hydrogen-bond donors (Lipinski definition) is 1. The Hall–Kier alpha value is -3.60. The van der Waals surface area contributed by atoms with Gasteiger partial charge in [0.25, 0.3) is 5.91 Å². The monoisotopic (exact) mass is 467 g/mol. The van der Waals surface area contributed by atoms with Crippen molar-refractivity contribution in [2.45, 2.75) is 17.0 Å². The van der Waals surface area contributed by atoms with E-state index in [2.05, 4.69) is 20.9 Å². The number of amides is 1. The fourth-order valence-electron chi connectivity index (χ4n) is 4.35. The summed E-state index contributed by atoms with van der Waals surface area (Å²) in [5.74, 6) is 0.709. The molecule has 1 aliphatic heterocycles. The smallest absolute Gasteiger partial charge is 0.254 e. The van der Waals surface area contributed by atoms with Crippen LogP contribution in [-0.4, -0.2) is 51.9 Å². The summed E-state index contributed by atoms with van der Waals surface area (Å²) in [5.41, 5.74) is 4.69. The summed E-state index contributed by atoms with van der Waals surface area (Å²) in [6, 6.07) is 27.8. The first-order chi connectivity index (χ1) is 16.7. The van der Waals surface area contributed by atoms with Crippen LogP contribution in [0.3, 0.4) is 0 Å². The average Bonchev–Trinajstić information content (AvgIpc) is 3.32. The molecular weight excluding hydrogens is 442 g/mol. The van der Waals surface area contributed by atoms with Gasteiger partial charge in [0.15, 0.2) is 5.16 Å². The lowest BCUT2D eigenvalue weighted by Gasteiger charge is -2.37. The van der Waals surface area contributed by atoms with Gasteiger partial charge in [-0.25, -0.2) is 4.98 Å².